The fraction of sp³-hybridized carbons (Fsp3) is 0.833. The first kappa shape index (κ1) is 11.2. The molecule has 0 spiro atoms. The molecule has 2 heterocycles. The van der Waals surface area contributed by atoms with Gasteiger partial charge in [-0.15, -0.1) is 5.10 Å². The molecule has 0 bridgehead atoms. The molecule has 94 valence electrons. The predicted molar refractivity (Wildman–Crippen MR) is 63.4 cm³/mol. The number of hydrogen-bond acceptors (Lipinski definition) is 4. The first-order valence-electron chi connectivity index (χ1n) is 6.62. The van der Waals surface area contributed by atoms with Gasteiger partial charge in [0.1, 0.15) is 5.69 Å². The maximum absolute atomic E-state index is 8.98. The average molecular weight is 236 g/mol. The molecule has 2 aliphatic rings. The highest BCUT2D eigenvalue weighted by atomic mass is 16.3. The van der Waals surface area contributed by atoms with Crippen molar-refractivity contribution in [2.75, 3.05) is 13.1 Å². The van der Waals surface area contributed by atoms with Gasteiger partial charge in [0.25, 0.3) is 0 Å². The molecule has 3 rings (SSSR count). The number of likely N-dealkylation sites (tertiary alicyclic amines) is 1. The quantitative estimate of drug-likeness (QED) is 0.849. The summed E-state index contributed by atoms with van der Waals surface area (Å²) < 4.78 is 1.93. The van der Waals surface area contributed by atoms with Crippen LogP contribution in [0, 0.1) is 0 Å². The molecule has 1 saturated carbocycles. The number of aliphatic hydroxyl groups excluding tert-OH is 1. The molecule has 0 aromatic carbocycles. The van der Waals surface area contributed by atoms with Crippen LogP contribution in [0.3, 0.4) is 0 Å². The molecule has 5 heteroatoms. The fourth-order valence-corrected chi connectivity index (χ4v) is 2.83. The van der Waals surface area contributed by atoms with Crippen LogP contribution in [0.2, 0.25) is 0 Å². The third-order valence-electron chi connectivity index (χ3n) is 4.18. The summed E-state index contributed by atoms with van der Waals surface area (Å²) in [6.45, 7) is 2.36. The predicted octanol–water partition coefficient (Wildman–Crippen LogP) is 0.960. The van der Waals surface area contributed by atoms with Gasteiger partial charge in [0.05, 0.1) is 18.8 Å². The Labute approximate surface area is 101 Å². The van der Waals surface area contributed by atoms with E-state index in [2.05, 4.69) is 15.2 Å². The van der Waals surface area contributed by atoms with E-state index in [4.69, 9.17) is 5.11 Å². The number of piperidine rings is 1. The van der Waals surface area contributed by atoms with Gasteiger partial charge in [0.2, 0.25) is 0 Å². The van der Waals surface area contributed by atoms with E-state index in [1.165, 1.54) is 32.4 Å². The Balaban J connectivity index is 1.56. The lowest BCUT2D eigenvalue weighted by molar-refractivity contribution is 0.0838. The van der Waals surface area contributed by atoms with Crippen LogP contribution >= 0.6 is 0 Å². The Kier molecular flexibility index (Phi) is 3.11. The summed E-state index contributed by atoms with van der Waals surface area (Å²) in [6.07, 6.45) is 8.39. The molecule has 2 fully saturated rings. The molecule has 1 aliphatic heterocycles. The zero-order valence-electron chi connectivity index (χ0n) is 10.1. The molecule has 1 aliphatic carbocycles. The Bertz CT molecular complexity index is 366. The monoisotopic (exact) mass is 236 g/mol. The number of rotatable bonds is 3. The van der Waals surface area contributed by atoms with E-state index in [9.17, 15) is 0 Å². The van der Waals surface area contributed by atoms with E-state index in [1.807, 2.05) is 10.9 Å². The van der Waals surface area contributed by atoms with E-state index in [0.29, 0.717) is 11.7 Å². The van der Waals surface area contributed by atoms with Gasteiger partial charge in [0.15, 0.2) is 0 Å². The van der Waals surface area contributed by atoms with Crippen LogP contribution in [0.4, 0.5) is 0 Å². The minimum absolute atomic E-state index is 0.0130. The van der Waals surface area contributed by atoms with Crippen molar-refractivity contribution in [3.63, 3.8) is 0 Å². The number of hydrogen-bond donors (Lipinski definition) is 1. The highest BCUT2D eigenvalue weighted by Crippen LogP contribution is 2.30. The lowest BCUT2D eigenvalue weighted by atomic mass is 9.89. The lowest BCUT2D eigenvalue weighted by Crippen LogP contribution is -2.45. The molecule has 1 N–H and O–H groups in total. The van der Waals surface area contributed by atoms with Crippen molar-refractivity contribution in [2.24, 2.45) is 0 Å². The Morgan fingerprint density at radius 1 is 1.18 bits per heavy atom. The maximum Gasteiger partial charge on any atom is 0.108 e. The van der Waals surface area contributed by atoms with Crippen LogP contribution in [0.25, 0.3) is 0 Å². The third-order valence-corrected chi connectivity index (χ3v) is 4.18. The zero-order chi connectivity index (χ0) is 11.7. The second kappa shape index (κ2) is 4.74. The van der Waals surface area contributed by atoms with E-state index in [0.717, 1.165) is 18.9 Å². The number of aromatic nitrogens is 3. The molecule has 1 aromatic rings. The average Bonchev–Trinajstić information content (AvgIpc) is 2.76. The first-order chi connectivity index (χ1) is 8.36. The van der Waals surface area contributed by atoms with Crippen molar-refractivity contribution in [3.05, 3.63) is 11.9 Å². The summed E-state index contributed by atoms with van der Waals surface area (Å²) in [5.41, 5.74) is 0.673. The van der Waals surface area contributed by atoms with Crippen LogP contribution in [-0.4, -0.2) is 44.1 Å². The molecule has 5 nitrogen and oxygen atoms in total. The molecule has 0 atom stereocenters. The second-order valence-corrected chi connectivity index (χ2v) is 5.20. The molecule has 0 amide bonds. The summed E-state index contributed by atoms with van der Waals surface area (Å²) in [4.78, 5) is 2.63. The van der Waals surface area contributed by atoms with Crippen molar-refractivity contribution in [3.8, 4) is 0 Å². The lowest BCUT2D eigenvalue weighted by Gasteiger charge is -2.41. The van der Waals surface area contributed by atoms with E-state index >= 15 is 0 Å². The van der Waals surface area contributed by atoms with Crippen molar-refractivity contribution in [1.82, 2.24) is 19.9 Å². The van der Waals surface area contributed by atoms with E-state index in [1.54, 1.807) is 0 Å². The molecule has 17 heavy (non-hydrogen) atoms. The second-order valence-electron chi connectivity index (χ2n) is 5.20. The number of nitrogens with zero attached hydrogens (tertiary/aromatic N) is 4. The van der Waals surface area contributed by atoms with Gasteiger partial charge in [-0.3, -0.25) is 0 Å². The van der Waals surface area contributed by atoms with Crippen molar-refractivity contribution in [1.29, 1.82) is 0 Å². The summed E-state index contributed by atoms with van der Waals surface area (Å²) >= 11 is 0. The van der Waals surface area contributed by atoms with Crippen LogP contribution in [0.5, 0.6) is 0 Å². The van der Waals surface area contributed by atoms with Gasteiger partial charge < -0.3 is 10.0 Å². The van der Waals surface area contributed by atoms with Gasteiger partial charge >= 0.3 is 0 Å². The fourth-order valence-electron chi connectivity index (χ4n) is 2.83. The molecule has 1 saturated heterocycles. The van der Waals surface area contributed by atoms with Gasteiger partial charge in [-0.2, -0.15) is 0 Å². The summed E-state index contributed by atoms with van der Waals surface area (Å²) in [7, 11) is 0. The summed E-state index contributed by atoms with van der Waals surface area (Å²) in [5, 5.41) is 17.0. The van der Waals surface area contributed by atoms with Gasteiger partial charge in [-0.1, -0.05) is 11.6 Å². The molecular weight excluding hydrogens is 216 g/mol. The SMILES string of the molecule is OCc1cn(C2CCN(C3CCC3)CC2)nn1. The zero-order valence-corrected chi connectivity index (χ0v) is 10.1. The molecule has 1 aromatic heterocycles. The maximum atomic E-state index is 8.98. The number of aliphatic hydroxyl groups is 1. The van der Waals surface area contributed by atoms with E-state index < -0.39 is 0 Å². The summed E-state index contributed by atoms with van der Waals surface area (Å²) in [5.74, 6) is 0. The van der Waals surface area contributed by atoms with Crippen LogP contribution in [-0.2, 0) is 6.61 Å². The van der Waals surface area contributed by atoms with Crippen LogP contribution in [0.1, 0.15) is 43.8 Å². The topological polar surface area (TPSA) is 54.2 Å². The largest absolute Gasteiger partial charge is 0.390 e. The normalized spacial score (nSPS) is 23.8. The van der Waals surface area contributed by atoms with Gasteiger partial charge in [-0.25, -0.2) is 4.68 Å². The highest BCUT2D eigenvalue weighted by Gasteiger charge is 2.29. The van der Waals surface area contributed by atoms with Gasteiger partial charge in [0, 0.05) is 19.1 Å². The first-order valence-corrected chi connectivity index (χ1v) is 6.62. The van der Waals surface area contributed by atoms with E-state index in [-0.39, 0.29) is 6.61 Å². The smallest absolute Gasteiger partial charge is 0.108 e. The Morgan fingerprint density at radius 2 is 1.94 bits per heavy atom. The minimum atomic E-state index is -0.0130. The Hall–Kier alpha value is -0.940. The molecule has 0 radical (unpaired) electrons. The van der Waals surface area contributed by atoms with Crippen LogP contribution in [0.15, 0.2) is 6.20 Å². The van der Waals surface area contributed by atoms with Crippen molar-refractivity contribution in [2.45, 2.75) is 50.8 Å². The standard InChI is InChI=1S/C12H20N4O/c17-9-10-8-16(14-13-10)12-4-6-15(7-5-12)11-2-1-3-11/h8,11-12,17H,1-7,9H2. The van der Waals surface area contributed by atoms with Gasteiger partial charge in [-0.05, 0) is 25.7 Å². The van der Waals surface area contributed by atoms with Crippen molar-refractivity contribution < 1.29 is 5.11 Å². The molecular formula is C12H20N4O. The Morgan fingerprint density at radius 3 is 2.47 bits per heavy atom. The third kappa shape index (κ3) is 2.21. The van der Waals surface area contributed by atoms with Crippen molar-refractivity contribution >= 4 is 0 Å². The minimum Gasteiger partial charge on any atom is -0.390 e. The van der Waals surface area contributed by atoms with Crippen LogP contribution < -0.4 is 0 Å². The highest BCUT2D eigenvalue weighted by molar-refractivity contribution is 4.92. The molecule has 0 unspecified atom stereocenters. The summed E-state index contributed by atoms with van der Waals surface area (Å²) in [6, 6.07) is 1.33.